The summed E-state index contributed by atoms with van der Waals surface area (Å²) in [5.41, 5.74) is 2.38. The second-order valence-electron chi connectivity index (χ2n) is 6.04. The largest absolute Gasteiger partial charge is 0.335 e. The molecule has 1 aliphatic rings. The maximum absolute atomic E-state index is 12.8. The van der Waals surface area contributed by atoms with E-state index in [0.717, 1.165) is 21.4 Å². The van der Waals surface area contributed by atoms with Crippen molar-refractivity contribution >= 4 is 46.2 Å². The van der Waals surface area contributed by atoms with Gasteiger partial charge in [0, 0.05) is 27.7 Å². The lowest BCUT2D eigenvalue weighted by atomic mass is 10.1. The number of nitrogens with one attached hydrogen (secondary N) is 1. The van der Waals surface area contributed by atoms with Gasteiger partial charge < -0.3 is 9.88 Å². The first kappa shape index (κ1) is 17.0. The Balaban J connectivity index is 1.76. The van der Waals surface area contributed by atoms with Gasteiger partial charge in [0.15, 0.2) is 0 Å². The van der Waals surface area contributed by atoms with Gasteiger partial charge in [0.25, 0.3) is 5.91 Å². The first-order valence-electron chi connectivity index (χ1n) is 8.22. The van der Waals surface area contributed by atoms with E-state index in [4.69, 9.17) is 18.0 Å². The molecule has 0 aliphatic carbocycles. The van der Waals surface area contributed by atoms with Crippen LogP contribution < -0.4 is 10.2 Å². The highest BCUT2D eigenvalue weighted by molar-refractivity contribution is 6.32. The Morgan fingerprint density at radius 1 is 1.15 bits per heavy atom. The van der Waals surface area contributed by atoms with Crippen LogP contribution in [-0.4, -0.2) is 16.5 Å². The number of fused-ring (bicyclic) bond motifs is 1. The number of para-hydroxylation sites is 1. The molecule has 0 spiro atoms. The monoisotopic (exact) mass is 375 g/mol. The van der Waals surface area contributed by atoms with Crippen LogP contribution in [0.4, 0.5) is 10.5 Å². The molecule has 5 nitrogen and oxygen atoms in total. The summed E-state index contributed by atoms with van der Waals surface area (Å²) < 4.78 is 1.93. The maximum atomic E-state index is 12.8. The Labute approximate surface area is 160 Å². The highest BCUT2D eigenvalue weighted by atomic mass is 35.5. The van der Waals surface area contributed by atoms with E-state index in [0.29, 0.717) is 17.3 Å². The van der Waals surface area contributed by atoms with Crippen molar-refractivity contribution in [1.82, 2.24) is 9.88 Å². The number of aromatic nitrogens is 1. The van der Waals surface area contributed by atoms with Crippen LogP contribution in [-0.2, 0) is 11.3 Å². The number of hydrogen-bond acceptors (Lipinski definition) is 2. The van der Waals surface area contributed by atoms with E-state index >= 15 is 0 Å². The third-order valence-corrected chi connectivity index (χ3v) is 4.56. The Morgan fingerprint density at radius 2 is 1.96 bits per heavy atom. The average Bonchev–Trinajstić information content (AvgIpc) is 3.13. The zero-order valence-corrected chi connectivity index (χ0v) is 14.9. The molecule has 3 aromatic rings. The number of carbonyl (C=O) groups excluding carboxylic acids is 2. The van der Waals surface area contributed by atoms with Crippen LogP contribution in [0.3, 0.4) is 0 Å². The first-order valence-corrected chi connectivity index (χ1v) is 8.60. The number of rotatable bonds is 3. The van der Waals surface area contributed by atoms with E-state index < -0.39 is 11.9 Å². The number of imide groups is 1. The van der Waals surface area contributed by atoms with Crippen LogP contribution in [0.5, 0.6) is 0 Å². The number of urea groups is 1. The molecule has 1 aromatic heterocycles. The SMILES string of the molecule is C#CCn1cc(C=C2NC(=O)N(c3cccc(Cl)c3)C2=O)c2ccccc21. The average molecular weight is 376 g/mol. The zero-order valence-electron chi connectivity index (χ0n) is 14.1. The maximum Gasteiger partial charge on any atom is 0.333 e. The van der Waals surface area contributed by atoms with Gasteiger partial charge in [-0.1, -0.05) is 41.8 Å². The van der Waals surface area contributed by atoms with Gasteiger partial charge in [0.05, 0.1) is 12.2 Å². The van der Waals surface area contributed by atoms with Gasteiger partial charge in [-0.15, -0.1) is 6.42 Å². The van der Waals surface area contributed by atoms with E-state index in [1.54, 1.807) is 30.3 Å². The molecule has 6 heteroatoms. The van der Waals surface area contributed by atoms with Gasteiger partial charge in [-0.05, 0) is 30.3 Å². The number of carbonyl (C=O) groups is 2. The van der Waals surface area contributed by atoms with Gasteiger partial charge in [-0.2, -0.15) is 0 Å². The molecule has 1 fully saturated rings. The highest BCUT2D eigenvalue weighted by Gasteiger charge is 2.35. The summed E-state index contributed by atoms with van der Waals surface area (Å²) in [6.45, 7) is 0.415. The molecule has 27 heavy (non-hydrogen) atoms. The van der Waals surface area contributed by atoms with Gasteiger partial charge in [0.1, 0.15) is 5.70 Å². The quantitative estimate of drug-likeness (QED) is 0.427. The lowest BCUT2D eigenvalue weighted by molar-refractivity contribution is -0.113. The number of hydrogen-bond donors (Lipinski definition) is 1. The van der Waals surface area contributed by atoms with Crippen molar-refractivity contribution < 1.29 is 9.59 Å². The Hall–Kier alpha value is -3.49. The van der Waals surface area contributed by atoms with Crippen LogP contribution in [0, 0.1) is 12.3 Å². The van der Waals surface area contributed by atoms with Crippen molar-refractivity contribution in [3.05, 3.63) is 71.0 Å². The smallest absolute Gasteiger partial charge is 0.333 e. The molecule has 0 radical (unpaired) electrons. The molecule has 1 saturated heterocycles. The standard InChI is InChI=1S/C21H14ClN3O2/c1-2-10-24-13-14(17-8-3-4-9-19(17)24)11-18-20(26)25(21(27)23-18)16-7-5-6-15(22)12-16/h1,3-9,11-13H,10H2,(H,23,27). The van der Waals surface area contributed by atoms with Crippen molar-refractivity contribution in [3.63, 3.8) is 0 Å². The number of terminal acetylenes is 1. The normalized spacial score (nSPS) is 15.4. The van der Waals surface area contributed by atoms with Crippen molar-refractivity contribution in [2.45, 2.75) is 6.54 Å². The first-order chi connectivity index (χ1) is 13.1. The Bertz CT molecular complexity index is 1150. The van der Waals surface area contributed by atoms with Crippen molar-refractivity contribution in [3.8, 4) is 12.3 Å². The summed E-state index contributed by atoms with van der Waals surface area (Å²) in [5.74, 6) is 2.18. The van der Waals surface area contributed by atoms with Crippen molar-refractivity contribution in [1.29, 1.82) is 0 Å². The lowest BCUT2D eigenvalue weighted by Gasteiger charge is -2.11. The zero-order chi connectivity index (χ0) is 19.0. The fourth-order valence-corrected chi connectivity index (χ4v) is 3.34. The molecule has 0 saturated carbocycles. The molecule has 1 N–H and O–H groups in total. The minimum absolute atomic E-state index is 0.198. The summed E-state index contributed by atoms with van der Waals surface area (Å²) in [6.07, 6.45) is 8.99. The number of anilines is 1. The predicted octanol–water partition coefficient (Wildman–Crippen LogP) is 4.03. The molecule has 0 unspecified atom stereocenters. The van der Waals surface area contributed by atoms with Gasteiger partial charge in [-0.25, -0.2) is 9.69 Å². The number of halogens is 1. The molecule has 4 rings (SSSR count). The molecule has 0 bridgehead atoms. The third-order valence-electron chi connectivity index (χ3n) is 4.33. The molecule has 3 amide bonds. The summed E-state index contributed by atoms with van der Waals surface area (Å²) >= 11 is 5.98. The van der Waals surface area contributed by atoms with Crippen molar-refractivity contribution in [2.75, 3.05) is 4.90 Å². The van der Waals surface area contributed by atoms with Crippen LogP contribution in [0.2, 0.25) is 5.02 Å². The number of nitrogens with zero attached hydrogens (tertiary/aromatic N) is 2. The Kier molecular flexibility index (Phi) is 4.19. The molecule has 1 aliphatic heterocycles. The van der Waals surface area contributed by atoms with Crippen molar-refractivity contribution in [2.24, 2.45) is 0 Å². The molecule has 132 valence electrons. The lowest BCUT2D eigenvalue weighted by Crippen LogP contribution is -2.30. The molecule has 2 heterocycles. The van der Waals surface area contributed by atoms with Crippen LogP contribution in [0.1, 0.15) is 5.56 Å². The number of benzene rings is 2. The van der Waals surface area contributed by atoms with Gasteiger partial charge >= 0.3 is 6.03 Å². The highest BCUT2D eigenvalue weighted by Crippen LogP contribution is 2.27. The van der Waals surface area contributed by atoms with Crippen LogP contribution >= 0.6 is 11.6 Å². The molecule has 0 atom stereocenters. The minimum atomic E-state index is -0.513. The Morgan fingerprint density at radius 3 is 2.74 bits per heavy atom. The second kappa shape index (κ2) is 6.67. The molecular formula is C21H14ClN3O2. The summed E-state index contributed by atoms with van der Waals surface area (Å²) in [6, 6.07) is 13.8. The van der Waals surface area contributed by atoms with Gasteiger partial charge in [0.2, 0.25) is 0 Å². The topological polar surface area (TPSA) is 54.3 Å². The molecular weight excluding hydrogens is 362 g/mol. The fraction of sp³-hybridized carbons (Fsp3) is 0.0476. The predicted molar refractivity (Wildman–Crippen MR) is 106 cm³/mol. The summed E-state index contributed by atoms with van der Waals surface area (Å²) in [7, 11) is 0. The summed E-state index contributed by atoms with van der Waals surface area (Å²) in [5, 5.41) is 4.03. The molecule has 2 aromatic carbocycles. The third kappa shape index (κ3) is 2.97. The number of amides is 3. The van der Waals surface area contributed by atoms with Crippen LogP contribution in [0.15, 0.2) is 60.4 Å². The summed E-state index contributed by atoms with van der Waals surface area (Å²) in [4.78, 5) is 26.2. The van der Waals surface area contributed by atoms with Crippen LogP contribution in [0.25, 0.3) is 17.0 Å². The fourth-order valence-electron chi connectivity index (χ4n) is 3.16. The minimum Gasteiger partial charge on any atom is -0.335 e. The van der Waals surface area contributed by atoms with E-state index in [-0.39, 0.29) is 5.70 Å². The van der Waals surface area contributed by atoms with E-state index in [1.807, 2.05) is 35.0 Å². The van der Waals surface area contributed by atoms with E-state index in [2.05, 4.69) is 11.2 Å². The van der Waals surface area contributed by atoms with E-state index in [1.165, 1.54) is 0 Å². The van der Waals surface area contributed by atoms with Gasteiger partial charge in [-0.3, -0.25) is 4.79 Å². The second-order valence-corrected chi connectivity index (χ2v) is 6.48. The van der Waals surface area contributed by atoms with E-state index in [9.17, 15) is 9.59 Å².